The van der Waals surface area contributed by atoms with Crippen LogP contribution < -0.4 is 55.3 Å². The van der Waals surface area contributed by atoms with Crippen LogP contribution in [0.2, 0.25) is 0 Å². The lowest BCUT2D eigenvalue weighted by molar-refractivity contribution is 0.605. The molecule has 10 aromatic rings. The molecule has 2 aliphatic rings. The van der Waals surface area contributed by atoms with Crippen molar-refractivity contribution in [1.29, 1.82) is 0 Å². The summed E-state index contributed by atoms with van der Waals surface area (Å²) in [5.41, 5.74) is 62.6. The van der Waals surface area contributed by atoms with E-state index in [9.17, 15) is 0 Å². The average Bonchev–Trinajstić information content (AvgIpc) is 3.57. The van der Waals surface area contributed by atoms with E-state index in [2.05, 4.69) is 186 Å². The zero-order chi connectivity index (χ0) is 55.3. The van der Waals surface area contributed by atoms with E-state index >= 15 is 0 Å². The number of nitrogens with two attached hydrogens (primary N) is 7. The fraction of sp³-hybridized carbons (Fsp3) is 0.130. The van der Waals surface area contributed by atoms with Crippen molar-refractivity contribution in [3.8, 4) is 22.3 Å². The second kappa shape index (κ2) is 20.7. The van der Waals surface area contributed by atoms with Gasteiger partial charge in [-0.1, -0.05) is 122 Å². The minimum atomic E-state index is -0.251. The number of nitrogen functional groups attached to an aromatic ring is 6. The lowest BCUT2D eigenvalue weighted by Crippen LogP contribution is -2.30. The molecule has 10 nitrogen and oxygen atoms in total. The van der Waals surface area contributed by atoms with Gasteiger partial charge in [0.15, 0.2) is 0 Å². The summed E-state index contributed by atoms with van der Waals surface area (Å²) in [6, 6.07) is 56.0. The molecule has 394 valence electrons. The molecule has 0 heterocycles. The Bertz CT molecular complexity index is 4050. The monoisotopic (exact) mass is 1040 g/mol. The van der Waals surface area contributed by atoms with Gasteiger partial charge in [-0.25, -0.2) is 0 Å². The maximum Gasteiger partial charge on any atom is 0.0784 e. The molecule has 2 aliphatic carbocycles. The minimum absolute atomic E-state index is 0.0472. The number of anilines is 12. The van der Waals surface area contributed by atoms with Crippen LogP contribution in [-0.2, 0) is 5.41 Å². The van der Waals surface area contributed by atoms with E-state index in [0.717, 1.165) is 74.8 Å². The molecule has 0 bridgehead atoms. The highest BCUT2D eigenvalue weighted by Gasteiger charge is 2.31. The Morgan fingerprint density at radius 2 is 1.18 bits per heavy atom. The van der Waals surface area contributed by atoms with Gasteiger partial charge in [-0.3, -0.25) is 0 Å². The normalized spacial score (nSPS) is 15.8. The SMILES string of the molecule is CN.CNc1cc(N(c2cccc(N)c2)C2C=CC(c3cc(C4(C)C=CC=CC4)c4ccc5c(-c6ccc(N(c7cc(C)cc(N)c7)c7cc(N)c(C)c(N)c7)cc6)cc(-c6ccccc6)c6ccc3c4c65)=CC2)cc(N)c1N. The average molecular weight is 1040 g/mol. The molecule has 0 fully saturated rings. The highest BCUT2D eigenvalue weighted by molar-refractivity contribution is 6.30. The van der Waals surface area contributed by atoms with Crippen LogP contribution in [0.4, 0.5) is 68.2 Å². The number of aryl methyl sites for hydroxylation is 1. The van der Waals surface area contributed by atoms with Crippen LogP contribution in [0.3, 0.4) is 0 Å². The lowest BCUT2D eigenvalue weighted by Gasteiger charge is -2.34. The Morgan fingerprint density at radius 3 is 1.81 bits per heavy atom. The summed E-state index contributed by atoms with van der Waals surface area (Å²) in [5, 5.41) is 10.6. The fourth-order valence-electron chi connectivity index (χ4n) is 12.0. The van der Waals surface area contributed by atoms with Gasteiger partial charge in [-0.15, -0.1) is 0 Å². The van der Waals surface area contributed by atoms with Gasteiger partial charge in [0.1, 0.15) is 0 Å². The van der Waals surface area contributed by atoms with Crippen LogP contribution in [0, 0.1) is 13.8 Å². The van der Waals surface area contributed by atoms with Crippen molar-refractivity contribution in [2.45, 2.75) is 45.1 Å². The van der Waals surface area contributed by atoms with Gasteiger partial charge in [0.2, 0.25) is 0 Å². The molecule has 0 aromatic heterocycles. The minimum Gasteiger partial charge on any atom is -0.399 e. The summed E-state index contributed by atoms with van der Waals surface area (Å²) in [4.78, 5) is 4.48. The van der Waals surface area contributed by atoms with Gasteiger partial charge in [0.05, 0.1) is 28.8 Å². The first kappa shape index (κ1) is 51.5. The van der Waals surface area contributed by atoms with E-state index in [1.54, 1.807) is 0 Å². The standard InChI is InChI=1S/C68H63N9.CH5N/c1-40-30-46(70)33-50(31-40)77(51-34-61(71)41(2)62(72)35-51)48-22-16-43(17-23-48)58-38-57(42-12-7-5-8-13-42)53-24-25-55-59(39-60(68(3)28-9-6-10-29-68)56-27-26-54(58)65(53)66(55)56)44-18-20-47(21-19-44)76(49-15-11-14-45(69)32-49)52-36-63(73)67(74)64(37-52)75-4;1-2/h5-20,22-28,30-39,47,75H,21,29,69-74H2,1-4H3;2H2,1H3. The molecular formula is C69H68N10. The largest absolute Gasteiger partial charge is 0.399 e. The molecule has 0 saturated carbocycles. The van der Waals surface area contributed by atoms with Gasteiger partial charge in [0.25, 0.3) is 0 Å². The van der Waals surface area contributed by atoms with Gasteiger partial charge >= 0.3 is 0 Å². The summed E-state index contributed by atoms with van der Waals surface area (Å²) in [7, 11) is 3.36. The number of rotatable bonds is 11. The van der Waals surface area contributed by atoms with E-state index in [4.69, 9.17) is 34.4 Å². The second-order valence-corrected chi connectivity index (χ2v) is 21.1. The van der Waals surface area contributed by atoms with Crippen LogP contribution in [0.15, 0.2) is 200 Å². The molecule has 15 N–H and O–H groups in total. The van der Waals surface area contributed by atoms with E-state index < -0.39 is 0 Å². The molecule has 0 radical (unpaired) electrons. The first-order valence-electron chi connectivity index (χ1n) is 26.9. The summed E-state index contributed by atoms with van der Waals surface area (Å²) < 4.78 is 0. The van der Waals surface area contributed by atoms with E-state index in [1.165, 1.54) is 61.6 Å². The zero-order valence-corrected chi connectivity index (χ0v) is 45.5. The third-order valence-electron chi connectivity index (χ3n) is 16.0. The maximum absolute atomic E-state index is 6.58. The number of nitrogens with zero attached hydrogens (tertiary/aromatic N) is 2. The molecule has 79 heavy (non-hydrogen) atoms. The molecule has 10 heteroatoms. The molecule has 10 aromatic carbocycles. The molecule has 0 amide bonds. The topological polar surface area (TPSA) is 201 Å². The summed E-state index contributed by atoms with van der Waals surface area (Å²) in [5.74, 6) is 0. The number of nitrogens with one attached hydrogen (secondary N) is 1. The maximum atomic E-state index is 6.58. The van der Waals surface area contributed by atoms with Gasteiger partial charge < -0.3 is 55.3 Å². The number of allylic oxidation sites excluding steroid dienone is 6. The van der Waals surface area contributed by atoms with Crippen molar-refractivity contribution >= 4 is 106 Å². The van der Waals surface area contributed by atoms with Crippen molar-refractivity contribution < 1.29 is 0 Å². The van der Waals surface area contributed by atoms with Crippen LogP contribution in [0.25, 0.3) is 60.1 Å². The molecule has 0 aliphatic heterocycles. The zero-order valence-electron chi connectivity index (χ0n) is 45.5. The second-order valence-electron chi connectivity index (χ2n) is 21.1. The predicted octanol–water partition coefficient (Wildman–Crippen LogP) is 15.4. The van der Waals surface area contributed by atoms with Crippen molar-refractivity contribution in [2.24, 2.45) is 5.73 Å². The quantitative estimate of drug-likeness (QED) is 0.0455. The molecule has 2 unspecified atom stereocenters. The van der Waals surface area contributed by atoms with Crippen LogP contribution in [0.5, 0.6) is 0 Å². The first-order chi connectivity index (χ1) is 38.3. The Morgan fingerprint density at radius 1 is 0.544 bits per heavy atom. The third-order valence-corrected chi connectivity index (χ3v) is 16.0. The highest BCUT2D eigenvalue weighted by Crippen LogP contribution is 2.50. The van der Waals surface area contributed by atoms with Crippen LogP contribution >= 0.6 is 0 Å². The Balaban J connectivity index is 0.00000326. The molecule has 12 rings (SSSR count). The Labute approximate surface area is 463 Å². The summed E-state index contributed by atoms with van der Waals surface area (Å²) >= 11 is 0. The van der Waals surface area contributed by atoms with E-state index in [-0.39, 0.29) is 11.5 Å². The fourth-order valence-corrected chi connectivity index (χ4v) is 12.0. The van der Waals surface area contributed by atoms with Crippen molar-refractivity contribution in [3.05, 3.63) is 223 Å². The molecule has 0 saturated heterocycles. The molecule has 0 spiro atoms. The van der Waals surface area contributed by atoms with E-state index in [0.29, 0.717) is 34.1 Å². The van der Waals surface area contributed by atoms with Crippen molar-refractivity contribution in [3.63, 3.8) is 0 Å². The predicted molar refractivity (Wildman–Crippen MR) is 342 cm³/mol. The Kier molecular flexibility index (Phi) is 13.5. The van der Waals surface area contributed by atoms with Gasteiger partial charge in [0, 0.05) is 58.0 Å². The van der Waals surface area contributed by atoms with Crippen LogP contribution in [0.1, 0.15) is 42.0 Å². The molecular weight excluding hydrogens is 969 g/mol. The van der Waals surface area contributed by atoms with E-state index in [1.807, 2.05) is 62.5 Å². The first-order valence-corrected chi connectivity index (χ1v) is 26.9. The van der Waals surface area contributed by atoms with Gasteiger partial charge in [-0.05, 0) is 201 Å². The Hall–Kier alpha value is -9.64. The van der Waals surface area contributed by atoms with Crippen LogP contribution in [-0.4, -0.2) is 20.1 Å². The summed E-state index contributed by atoms with van der Waals surface area (Å²) in [6.45, 7) is 6.38. The smallest absolute Gasteiger partial charge is 0.0784 e. The van der Waals surface area contributed by atoms with Gasteiger partial charge in [-0.2, -0.15) is 0 Å². The summed E-state index contributed by atoms with van der Waals surface area (Å²) in [6.07, 6.45) is 17.7. The molecule has 2 atom stereocenters. The van der Waals surface area contributed by atoms with Crippen molar-refractivity contribution in [2.75, 3.05) is 63.6 Å². The number of benzene rings is 10. The lowest BCUT2D eigenvalue weighted by atomic mass is 9.72. The highest BCUT2D eigenvalue weighted by atomic mass is 15.2. The van der Waals surface area contributed by atoms with Crippen molar-refractivity contribution in [1.82, 2.24) is 0 Å². The number of hydrogen-bond acceptors (Lipinski definition) is 10. The number of hydrogen-bond donors (Lipinski definition) is 8. The third kappa shape index (κ3) is 9.25.